The zero-order valence-electron chi connectivity index (χ0n) is 8.27. The summed E-state index contributed by atoms with van der Waals surface area (Å²) in [6.07, 6.45) is 10.2. The van der Waals surface area contributed by atoms with Crippen LogP contribution in [0.2, 0.25) is 0 Å². The highest BCUT2D eigenvalue weighted by molar-refractivity contribution is 5.85. The molecule has 0 saturated heterocycles. The van der Waals surface area contributed by atoms with Crippen LogP contribution in [0.15, 0.2) is 16.8 Å². The summed E-state index contributed by atoms with van der Waals surface area (Å²) < 4.78 is 0. The Labute approximate surface area is 91.2 Å². The molecule has 0 amide bonds. The Morgan fingerprint density at radius 1 is 1.79 bits per heavy atom. The van der Waals surface area contributed by atoms with Crippen LogP contribution in [0.25, 0.3) is 0 Å². The van der Waals surface area contributed by atoms with Gasteiger partial charge in [0.2, 0.25) is 0 Å². The molecule has 0 atom stereocenters. The number of hydrogen-bond acceptors (Lipinski definition) is 3. The lowest BCUT2D eigenvalue weighted by atomic mass is 10.1. The molecule has 0 aromatic carbocycles. The Bertz CT molecular complexity index is 255. The predicted octanol–water partition coefficient (Wildman–Crippen LogP) is 1.31. The fourth-order valence-electron chi connectivity index (χ4n) is 1.31. The Kier molecular flexibility index (Phi) is 6.91. The van der Waals surface area contributed by atoms with Gasteiger partial charge in [-0.15, -0.1) is 18.8 Å². The molecule has 1 aliphatic heterocycles. The third-order valence-electron chi connectivity index (χ3n) is 1.90. The van der Waals surface area contributed by atoms with Crippen molar-refractivity contribution >= 4 is 18.6 Å². The molecule has 0 aromatic rings. The molecule has 3 nitrogen and oxygen atoms in total. The van der Waals surface area contributed by atoms with Gasteiger partial charge in [-0.2, -0.15) is 0 Å². The highest BCUT2D eigenvalue weighted by atomic mass is 35.5. The molecular formula is C10H15ClN2O. The molecule has 1 aliphatic rings. The SMILES string of the molecule is C#CCN1CCC=C(/C=N/OC)C1.Cl. The fraction of sp³-hybridized carbons (Fsp3) is 0.500. The van der Waals surface area contributed by atoms with Crippen molar-refractivity contribution < 1.29 is 4.84 Å². The largest absolute Gasteiger partial charge is 0.399 e. The van der Waals surface area contributed by atoms with Crippen LogP contribution in [0.5, 0.6) is 0 Å². The van der Waals surface area contributed by atoms with E-state index in [4.69, 9.17) is 6.42 Å². The van der Waals surface area contributed by atoms with Crippen molar-refractivity contribution in [2.24, 2.45) is 5.16 Å². The normalized spacial score (nSPS) is 17.0. The predicted molar refractivity (Wildman–Crippen MR) is 60.7 cm³/mol. The van der Waals surface area contributed by atoms with Gasteiger partial charge in [-0.25, -0.2) is 0 Å². The first-order chi connectivity index (χ1) is 6.36. The van der Waals surface area contributed by atoms with Crippen molar-refractivity contribution in [3.63, 3.8) is 0 Å². The Morgan fingerprint density at radius 3 is 3.21 bits per heavy atom. The van der Waals surface area contributed by atoms with E-state index >= 15 is 0 Å². The van der Waals surface area contributed by atoms with Gasteiger partial charge in [0.1, 0.15) is 7.11 Å². The van der Waals surface area contributed by atoms with Crippen molar-refractivity contribution in [1.82, 2.24) is 4.90 Å². The van der Waals surface area contributed by atoms with Gasteiger partial charge in [0, 0.05) is 13.1 Å². The number of rotatable bonds is 3. The molecule has 0 N–H and O–H groups in total. The van der Waals surface area contributed by atoms with E-state index in [2.05, 4.69) is 26.9 Å². The Morgan fingerprint density at radius 2 is 2.57 bits per heavy atom. The molecule has 0 fully saturated rings. The summed E-state index contributed by atoms with van der Waals surface area (Å²) in [6.45, 7) is 2.61. The lowest BCUT2D eigenvalue weighted by Gasteiger charge is -2.23. The molecule has 0 aromatic heterocycles. The number of hydrogen-bond donors (Lipinski definition) is 0. The molecule has 78 valence electrons. The van der Waals surface area contributed by atoms with E-state index in [1.54, 1.807) is 13.3 Å². The van der Waals surface area contributed by atoms with Crippen LogP contribution in [-0.4, -0.2) is 37.9 Å². The molecule has 0 spiro atoms. The molecule has 0 radical (unpaired) electrons. The van der Waals surface area contributed by atoms with E-state index in [1.165, 1.54) is 5.57 Å². The average molecular weight is 215 g/mol. The van der Waals surface area contributed by atoms with Gasteiger partial charge in [-0.05, 0) is 12.0 Å². The van der Waals surface area contributed by atoms with Gasteiger partial charge in [-0.3, -0.25) is 4.90 Å². The van der Waals surface area contributed by atoms with Gasteiger partial charge < -0.3 is 4.84 Å². The van der Waals surface area contributed by atoms with E-state index in [9.17, 15) is 0 Å². The minimum atomic E-state index is 0. The lowest BCUT2D eigenvalue weighted by Crippen LogP contribution is -2.30. The molecule has 0 saturated carbocycles. The summed E-state index contributed by atoms with van der Waals surface area (Å²) in [5, 5.41) is 3.72. The summed E-state index contributed by atoms with van der Waals surface area (Å²) in [4.78, 5) is 6.81. The second kappa shape index (κ2) is 7.43. The molecular weight excluding hydrogens is 200 g/mol. The molecule has 0 bridgehead atoms. The highest BCUT2D eigenvalue weighted by Crippen LogP contribution is 2.06. The minimum Gasteiger partial charge on any atom is -0.399 e. The molecule has 0 aliphatic carbocycles. The number of halogens is 1. The first-order valence-electron chi connectivity index (χ1n) is 4.28. The maximum Gasteiger partial charge on any atom is 0.106 e. The van der Waals surface area contributed by atoms with Crippen molar-refractivity contribution in [2.45, 2.75) is 6.42 Å². The molecule has 1 heterocycles. The van der Waals surface area contributed by atoms with Crippen molar-refractivity contribution in [2.75, 3.05) is 26.7 Å². The topological polar surface area (TPSA) is 24.8 Å². The molecule has 4 heteroatoms. The summed E-state index contributed by atoms with van der Waals surface area (Å²) in [5.74, 6) is 2.64. The van der Waals surface area contributed by atoms with Crippen LogP contribution in [-0.2, 0) is 4.84 Å². The van der Waals surface area contributed by atoms with Crippen LogP contribution in [0.1, 0.15) is 6.42 Å². The summed E-state index contributed by atoms with van der Waals surface area (Å²) in [5.41, 5.74) is 1.17. The van der Waals surface area contributed by atoms with Gasteiger partial charge >= 0.3 is 0 Å². The third-order valence-corrected chi connectivity index (χ3v) is 1.90. The summed E-state index contributed by atoms with van der Waals surface area (Å²) >= 11 is 0. The van der Waals surface area contributed by atoms with Crippen molar-refractivity contribution in [3.8, 4) is 12.3 Å². The minimum absolute atomic E-state index is 0. The van der Waals surface area contributed by atoms with Gasteiger partial charge in [0.15, 0.2) is 0 Å². The van der Waals surface area contributed by atoms with Crippen molar-refractivity contribution in [3.05, 3.63) is 11.6 Å². The Hall–Kier alpha value is -0.980. The van der Waals surface area contributed by atoms with Crippen LogP contribution >= 0.6 is 12.4 Å². The van der Waals surface area contributed by atoms with Crippen LogP contribution in [0.4, 0.5) is 0 Å². The lowest BCUT2D eigenvalue weighted by molar-refractivity contribution is 0.215. The van der Waals surface area contributed by atoms with E-state index in [0.717, 1.165) is 19.5 Å². The smallest absolute Gasteiger partial charge is 0.106 e. The summed E-state index contributed by atoms with van der Waals surface area (Å²) in [7, 11) is 1.54. The number of oxime groups is 1. The highest BCUT2D eigenvalue weighted by Gasteiger charge is 2.09. The van der Waals surface area contributed by atoms with Crippen LogP contribution < -0.4 is 0 Å². The maximum absolute atomic E-state index is 5.24. The molecule has 0 unspecified atom stereocenters. The van der Waals surface area contributed by atoms with Gasteiger partial charge in [-0.1, -0.05) is 17.2 Å². The first kappa shape index (κ1) is 13.0. The molecule has 1 rings (SSSR count). The van der Waals surface area contributed by atoms with Crippen molar-refractivity contribution in [1.29, 1.82) is 0 Å². The second-order valence-corrected chi connectivity index (χ2v) is 2.90. The Balaban J connectivity index is 0.00000169. The standard InChI is InChI=1S/C10H14N2O.ClH/c1-3-6-12-7-4-5-10(9-12)8-11-13-2;/h1,5,8H,4,6-7,9H2,2H3;1H/b11-8+;. The number of terminal acetylenes is 1. The van der Waals surface area contributed by atoms with E-state index in [1.807, 2.05) is 0 Å². The van der Waals surface area contributed by atoms with Gasteiger partial charge in [0.05, 0.1) is 12.8 Å². The zero-order chi connectivity index (χ0) is 9.52. The average Bonchev–Trinajstić information content (AvgIpc) is 2.16. The van der Waals surface area contributed by atoms with Gasteiger partial charge in [0.25, 0.3) is 0 Å². The fourth-order valence-corrected chi connectivity index (χ4v) is 1.31. The van der Waals surface area contributed by atoms with E-state index in [0.29, 0.717) is 6.54 Å². The van der Waals surface area contributed by atoms with E-state index in [-0.39, 0.29) is 12.4 Å². The summed E-state index contributed by atoms with van der Waals surface area (Å²) in [6, 6.07) is 0. The third kappa shape index (κ3) is 4.31. The molecule has 14 heavy (non-hydrogen) atoms. The van der Waals surface area contributed by atoms with E-state index < -0.39 is 0 Å². The first-order valence-corrected chi connectivity index (χ1v) is 4.28. The number of nitrogens with zero attached hydrogens (tertiary/aromatic N) is 2. The quantitative estimate of drug-likeness (QED) is 0.402. The maximum atomic E-state index is 5.24. The van der Waals surface area contributed by atoms with Crippen LogP contribution in [0.3, 0.4) is 0 Å². The zero-order valence-corrected chi connectivity index (χ0v) is 9.09. The second-order valence-electron chi connectivity index (χ2n) is 2.90. The van der Waals surface area contributed by atoms with Crippen LogP contribution in [0, 0.1) is 12.3 Å². The monoisotopic (exact) mass is 214 g/mol.